The number of halogens is 1. The average Bonchev–Trinajstić information content (AvgIpc) is 2.72. The highest BCUT2D eigenvalue weighted by atomic mass is 19.1. The summed E-state index contributed by atoms with van der Waals surface area (Å²) < 4.78 is 25.7. The second kappa shape index (κ2) is 9.47. The lowest BCUT2D eigenvalue weighted by Crippen LogP contribution is -2.32. The molecule has 3 aromatic rings. The van der Waals surface area contributed by atoms with E-state index in [1.54, 1.807) is 63.4 Å². The molecule has 0 aliphatic carbocycles. The zero-order valence-electron chi connectivity index (χ0n) is 17.5. The molecule has 3 rings (SSSR count). The molecule has 1 heterocycles. The van der Waals surface area contributed by atoms with E-state index in [0.717, 1.165) is 5.56 Å². The third kappa shape index (κ3) is 5.51. The van der Waals surface area contributed by atoms with Gasteiger partial charge in [0.15, 0.2) is 6.10 Å². The Bertz CT molecular complexity index is 1120. The van der Waals surface area contributed by atoms with E-state index in [1.807, 2.05) is 0 Å². The minimum Gasteiger partial charge on any atom is -0.489 e. The van der Waals surface area contributed by atoms with Gasteiger partial charge in [-0.2, -0.15) is 0 Å². The summed E-state index contributed by atoms with van der Waals surface area (Å²) >= 11 is 0. The first-order valence-electron chi connectivity index (χ1n) is 9.85. The van der Waals surface area contributed by atoms with Crippen LogP contribution in [-0.4, -0.2) is 21.7 Å². The van der Waals surface area contributed by atoms with Gasteiger partial charge in [0.2, 0.25) is 0 Å². The fourth-order valence-corrected chi connectivity index (χ4v) is 3.04. The van der Waals surface area contributed by atoms with Crippen molar-refractivity contribution in [3.05, 3.63) is 88.1 Å². The molecule has 0 amide bonds. The quantitative estimate of drug-likeness (QED) is 0.581. The van der Waals surface area contributed by atoms with E-state index in [2.05, 4.69) is 0 Å². The summed E-state index contributed by atoms with van der Waals surface area (Å²) in [5, 5.41) is 9.32. The number of aliphatic carboxylic acids is 1. The van der Waals surface area contributed by atoms with Gasteiger partial charge >= 0.3 is 5.97 Å². The second-order valence-electron chi connectivity index (χ2n) is 7.56. The number of nitrogens with zero attached hydrogens (tertiary/aromatic N) is 1. The van der Waals surface area contributed by atoms with E-state index in [0.29, 0.717) is 22.7 Å². The Kier molecular flexibility index (Phi) is 6.74. The predicted octanol–water partition coefficient (Wildman–Crippen LogP) is 4.35. The molecule has 1 atom stereocenters. The van der Waals surface area contributed by atoms with E-state index in [9.17, 15) is 19.1 Å². The van der Waals surface area contributed by atoms with Crippen molar-refractivity contribution in [3.63, 3.8) is 0 Å². The Morgan fingerprint density at radius 1 is 1.10 bits per heavy atom. The maximum absolute atomic E-state index is 13.0. The van der Waals surface area contributed by atoms with Gasteiger partial charge in [0.25, 0.3) is 5.56 Å². The monoisotopic (exact) mass is 425 g/mol. The molecule has 162 valence electrons. The van der Waals surface area contributed by atoms with Crippen LogP contribution in [0.5, 0.6) is 11.5 Å². The zero-order chi connectivity index (χ0) is 22.5. The number of benzene rings is 2. The highest BCUT2D eigenvalue weighted by Gasteiger charge is 2.24. The highest BCUT2D eigenvalue weighted by molar-refractivity contribution is 5.73. The molecule has 1 N–H and O–H groups in total. The van der Waals surface area contributed by atoms with Gasteiger partial charge in [-0.1, -0.05) is 26.0 Å². The van der Waals surface area contributed by atoms with Crippen molar-refractivity contribution in [3.8, 4) is 17.2 Å². The van der Waals surface area contributed by atoms with E-state index in [1.165, 1.54) is 22.8 Å². The van der Waals surface area contributed by atoms with Gasteiger partial charge in [-0.15, -0.1) is 0 Å². The molecule has 2 aromatic carbocycles. The fraction of sp³-hybridized carbons (Fsp3) is 0.250. The molecule has 6 nitrogen and oxygen atoms in total. The van der Waals surface area contributed by atoms with Crippen molar-refractivity contribution in [1.82, 2.24) is 4.57 Å². The SMILES string of the molecule is Cc1cc(-n2ccc(OCc3ccc(F)cc3)cc2=O)ccc1OC(C(=O)O)C(C)C. The number of carboxylic acid groups (broad SMARTS) is 1. The molecule has 0 fully saturated rings. The van der Waals surface area contributed by atoms with E-state index in [-0.39, 0.29) is 23.9 Å². The Labute approximate surface area is 179 Å². The molecule has 7 heteroatoms. The summed E-state index contributed by atoms with van der Waals surface area (Å²) in [6.07, 6.45) is 0.649. The number of carbonyl (C=O) groups is 1. The third-order valence-corrected chi connectivity index (χ3v) is 4.75. The van der Waals surface area contributed by atoms with Gasteiger partial charge in [0, 0.05) is 23.9 Å². The molecule has 0 bridgehead atoms. The summed E-state index contributed by atoms with van der Waals surface area (Å²) in [6, 6.07) is 14.1. The molecule has 31 heavy (non-hydrogen) atoms. The number of pyridine rings is 1. The van der Waals surface area contributed by atoms with Crippen LogP contribution in [0.25, 0.3) is 5.69 Å². The first-order chi connectivity index (χ1) is 14.7. The van der Waals surface area contributed by atoms with Crippen LogP contribution in [-0.2, 0) is 11.4 Å². The fourth-order valence-electron chi connectivity index (χ4n) is 3.04. The van der Waals surface area contributed by atoms with E-state index >= 15 is 0 Å². The highest BCUT2D eigenvalue weighted by Crippen LogP contribution is 2.24. The van der Waals surface area contributed by atoms with Crippen molar-refractivity contribution in [2.45, 2.75) is 33.5 Å². The normalized spacial score (nSPS) is 11.9. The van der Waals surface area contributed by atoms with Crippen LogP contribution in [0.1, 0.15) is 25.0 Å². The Hall–Kier alpha value is -3.61. The first-order valence-corrected chi connectivity index (χ1v) is 9.85. The largest absolute Gasteiger partial charge is 0.489 e. The van der Waals surface area contributed by atoms with Crippen LogP contribution in [0.15, 0.2) is 65.6 Å². The smallest absolute Gasteiger partial charge is 0.345 e. The number of carboxylic acids is 1. The number of rotatable bonds is 8. The second-order valence-corrected chi connectivity index (χ2v) is 7.56. The minimum absolute atomic E-state index is 0.193. The topological polar surface area (TPSA) is 77.8 Å². The van der Waals surface area contributed by atoms with Crippen LogP contribution in [0.4, 0.5) is 4.39 Å². The zero-order valence-corrected chi connectivity index (χ0v) is 17.5. The van der Waals surface area contributed by atoms with Gasteiger partial charge < -0.3 is 14.6 Å². The molecule has 0 spiro atoms. The molecule has 0 saturated heterocycles. The van der Waals surface area contributed by atoms with E-state index in [4.69, 9.17) is 9.47 Å². The maximum atomic E-state index is 13.0. The molecule has 0 radical (unpaired) electrons. The lowest BCUT2D eigenvalue weighted by Gasteiger charge is -2.20. The summed E-state index contributed by atoms with van der Waals surface area (Å²) in [7, 11) is 0. The first kappa shape index (κ1) is 22.1. The number of hydrogen-bond acceptors (Lipinski definition) is 4. The molecule has 0 saturated carbocycles. The van der Waals surface area contributed by atoms with Crippen LogP contribution in [0, 0.1) is 18.7 Å². The predicted molar refractivity (Wildman–Crippen MR) is 114 cm³/mol. The molecule has 1 unspecified atom stereocenters. The summed E-state index contributed by atoms with van der Waals surface area (Å²) in [5.74, 6) is -0.672. The van der Waals surface area contributed by atoms with Crippen molar-refractivity contribution in [2.24, 2.45) is 5.92 Å². The number of ether oxygens (including phenoxy) is 2. The van der Waals surface area contributed by atoms with Gasteiger partial charge in [0.05, 0.1) is 0 Å². The minimum atomic E-state index is -1.02. The Morgan fingerprint density at radius 3 is 2.39 bits per heavy atom. The lowest BCUT2D eigenvalue weighted by atomic mass is 10.1. The van der Waals surface area contributed by atoms with Crippen molar-refractivity contribution >= 4 is 5.97 Å². The number of hydrogen-bond donors (Lipinski definition) is 1. The summed E-state index contributed by atoms with van der Waals surface area (Å²) in [5.41, 5.74) is 1.84. The number of aromatic nitrogens is 1. The summed E-state index contributed by atoms with van der Waals surface area (Å²) in [6.45, 7) is 5.57. The van der Waals surface area contributed by atoms with Crippen LogP contribution in [0.3, 0.4) is 0 Å². The van der Waals surface area contributed by atoms with Crippen molar-refractivity contribution < 1.29 is 23.8 Å². The van der Waals surface area contributed by atoms with Crippen LogP contribution < -0.4 is 15.0 Å². The van der Waals surface area contributed by atoms with Crippen LogP contribution in [0.2, 0.25) is 0 Å². The lowest BCUT2D eigenvalue weighted by molar-refractivity contribution is -0.147. The Morgan fingerprint density at radius 2 is 1.81 bits per heavy atom. The van der Waals surface area contributed by atoms with Crippen molar-refractivity contribution in [2.75, 3.05) is 0 Å². The van der Waals surface area contributed by atoms with Gasteiger partial charge in [-0.3, -0.25) is 9.36 Å². The molecular formula is C24H24FNO5. The maximum Gasteiger partial charge on any atom is 0.345 e. The standard InChI is InChI=1S/C24H24FNO5/c1-15(2)23(24(28)29)31-21-9-8-19(12-16(21)3)26-11-10-20(13-22(26)27)30-14-17-4-6-18(25)7-5-17/h4-13,15,23H,14H2,1-3H3,(H,28,29). The number of aryl methyl sites for hydroxylation is 1. The summed E-state index contributed by atoms with van der Waals surface area (Å²) in [4.78, 5) is 24.0. The molecule has 0 aliphatic rings. The van der Waals surface area contributed by atoms with Crippen molar-refractivity contribution in [1.29, 1.82) is 0 Å². The van der Waals surface area contributed by atoms with Gasteiger partial charge in [0.1, 0.15) is 23.9 Å². The Balaban J connectivity index is 1.75. The van der Waals surface area contributed by atoms with E-state index < -0.39 is 12.1 Å². The average molecular weight is 425 g/mol. The molecule has 1 aromatic heterocycles. The molecule has 0 aliphatic heterocycles. The molecular weight excluding hydrogens is 401 g/mol. The van der Waals surface area contributed by atoms with Crippen LogP contribution >= 0.6 is 0 Å². The third-order valence-electron chi connectivity index (χ3n) is 4.75. The van der Waals surface area contributed by atoms with Gasteiger partial charge in [-0.25, -0.2) is 9.18 Å². The van der Waals surface area contributed by atoms with Gasteiger partial charge in [-0.05, 0) is 54.4 Å².